The highest BCUT2D eigenvalue weighted by Gasteiger charge is 2.44. The smallest absolute Gasteiger partial charge is 0.290 e. The van der Waals surface area contributed by atoms with Gasteiger partial charge < -0.3 is 28.8 Å². The zero-order valence-corrected chi connectivity index (χ0v) is 20.4. The molecule has 0 aliphatic carbocycles. The largest absolute Gasteiger partial charge is 0.503 e. The molecule has 1 aromatic carbocycles. The zero-order chi connectivity index (χ0) is 24.7. The lowest BCUT2D eigenvalue weighted by molar-refractivity contribution is -0.129. The van der Waals surface area contributed by atoms with Gasteiger partial charge in [-0.1, -0.05) is 26.8 Å². The van der Waals surface area contributed by atoms with Gasteiger partial charge in [0.05, 0.1) is 31.1 Å². The Bertz CT molecular complexity index is 1010. The molecule has 34 heavy (non-hydrogen) atoms. The maximum atomic E-state index is 13.3. The molecule has 8 nitrogen and oxygen atoms in total. The van der Waals surface area contributed by atoms with Crippen molar-refractivity contribution in [1.82, 2.24) is 9.80 Å². The summed E-state index contributed by atoms with van der Waals surface area (Å²) in [4.78, 5) is 30.2. The number of rotatable bonds is 13. The molecule has 1 unspecified atom stereocenters. The molecule has 2 heterocycles. The molecule has 0 saturated heterocycles. The van der Waals surface area contributed by atoms with Crippen molar-refractivity contribution in [1.29, 1.82) is 0 Å². The van der Waals surface area contributed by atoms with E-state index in [4.69, 9.17) is 13.9 Å². The predicted molar refractivity (Wildman–Crippen MR) is 128 cm³/mol. The van der Waals surface area contributed by atoms with E-state index in [-0.39, 0.29) is 11.3 Å². The van der Waals surface area contributed by atoms with Crippen molar-refractivity contribution in [3.8, 4) is 11.5 Å². The van der Waals surface area contributed by atoms with E-state index in [0.717, 1.165) is 19.5 Å². The molecule has 3 rings (SSSR count). The minimum Gasteiger partial charge on any atom is -0.503 e. The number of hydrogen-bond acceptors (Lipinski definition) is 7. The van der Waals surface area contributed by atoms with Crippen LogP contribution >= 0.6 is 0 Å². The van der Waals surface area contributed by atoms with Crippen LogP contribution in [-0.4, -0.2) is 66.0 Å². The fourth-order valence-corrected chi connectivity index (χ4v) is 4.09. The summed E-state index contributed by atoms with van der Waals surface area (Å²) >= 11 is 0. The lowest BCUT2D eigenvalue weighted by Gasteiger charge is -2.29. The number of Topliss-reactive ketones (excluding diaryl/α,β-unsaturated/α-hetero) is 1. The molecular weight excluding hydrogens is 436 g/mol. The van der Waals surface area contributed by atoms with E-state index in [1.165, 1.54) is 12.3 Å². The van der Waals surface area contributed by atoms with Gasteiger partial charge in [-0.05, 0) is 56.3 Å². The quantitative estimate of drug-likeness (QED) is 0.434. The highest BCUT2D eigenvalue weighted by Crippen LogP contribution is 2.41. The van der Waals surface area contributed by atoms with E-state index < -0.39 is 23.5 Å². The summed E-state index contributed by atoms with van der Waals surface area (Å²) < 4.78 is 16.9. The third kappa shape index (κ3) is 5.28. The van der Waals surface area contributed by atoms with Crippen molar-refractivity contribution in [3.63, 3.8) is 0 Å². The summed E-state index contributed by atoms with van der Waals surface area (Å²) in [6.07, 6.45) is 2.24. The topological polar surface area (TPSA) is 92.5 Å². The highest BCUT2D eigenvalue weighted by atomic mass is 16.5. The van der Waals surface area contributed by atoms with Gasteiger partial charge in [-0.25, -0.2) is 0 Å². The average molecular weight is 471 g/mol. The molecule has 184 valence electrons. The van der Waals surface area contributed by atoms with Crippen LogP contribution in [0.2, 0.25) is 0 Å². The fraction of sp³-hybridized carbons (Fsp3) is 0.462. The Morgan fingerprint density at radius 3 is 2.50 bits per heavy atom. The molecule has 1 atom stereocenters. The maximum absolute atomic E-state index is 13.3. The molecule has 1 aromatic heterocycles. The number of ketones is 1. The number of amides is 1. The predicted octanol–water partition coefficient (Wildman–Crippen LogP) is 4.39. The Morgan fingerprint density at radius 1 is 1.12 bits per heavy atom. The van der Waals surface area contributed by atoms with E-state index in [0.29, 0.717) is 43.4 Å². The van der Waals surface area contributed by atoms with Crippen LogP contribution in [0, 0.1) is 0 Å². The van der Waals surface area contributed by atoms with Crippen LogP contribution in [0.15, 0.2) is 52.3 Å². The summed E-state index contributed by atoms with van der Waals surface area (Å²) in [5.41, 5.74) is 0.656. The number of carbonyl (C=O) groups is 2. The zero-order valence-electron chi connectivity index (χ0n) is 20.4. The molecule has 0 radical (unpaired) electrons. The number of likely N-dealkylation sites (N-methyl/N-ethyl adjacent to an activating group) is 1. The van der Waals surface area contributed by atoms with Crippen LogP contribution in [-0.2, 0) is 4.79 Å². The number of furan rings is 1. The Balaban J connectivity index is 2.05. The van der Waals surface area contributed by atoms with Crippen LogP contribution in [0.4, 0.5) is 0 Å². The van der Waals surface area contributed by atoms with Gasteiger partial charge in [0.1, 0.15) is 0 Å². The molecule has 1 N–H and O–H groups in total. The van der Waals surface area contributed by atoms with Gasteiger partial charge in [0.15, 0.2) is 23.0 Å². The fourth-order valence-electron chi connectivity index (χ4n) is 4.09. The average Bonchev–Trinajstić information content (AvgIpc) is 3.47. The number of benzene rings is 1. The Labute approximate surface area is 200 Å². The first-order valence-corrected chi connectivity index (χ1v) is 11.9. The lowest BCUT2D eigenvalue weighted by Crippen LogP contribution is -2.38. The van der Waals surface area contributed by atoms with Crippen LogP contribution < -0.4 is 9.47 Å². The normalized spacial score (nSPS) is 16.0. The summed E-state index contributed by atoms with van der Waals surface area (Å²) in [5, 5.41) is 10.8. The SMILES string of the molecule is CCCOc1ccc(C2C(C(=O)c3ccco3)=C(O)C(=O)N2CCN(CC)CC)cc1OCC. The molecule has 2 aromatic rings. The number of carbonyl (C=O) groups excluding carboxylic acids is 2. The van der Waals surface area contributed by atoms with Gasteiger partial charge in [-0.2, -0.15) is 0 Å². The van der Waals surface area contributed by atoms with Gasteiger partial charge in [-0.3, -0.25) is 9.59 Å². The van der Waals surface area contributed by atoms with Gasteiger partial charge in [0.2, 0.25) is 5.78 Å². The minimum absolute atomic E-state index is 0.00386. The first kappa shape index (κ1) is 25.4. The summed E-state index contributed by atoms with van der Waals surface area (Å²) in [6, 6.07) is 7.72. The van der Waals surface area contributed by atoms with Crippen molar-refractivity contribution in [2.45, 2.75) is 40.2 Å². The lowest BCUT2D eigenvalue weighted by atomic mass is 9.94. The molecule has 0 bridgehead atoms. The molecule has 0 spiro atoms. The number of ether oxygens (including phenoxy) is 2. The number of aliphatic hydroxyl groups excluding tert-OH is 1. The third-order valence-corrected chi connectivity index (χ3v) is 5.89. The van der Waals surface area contributed by atoms with Gasteiger partial charge in [0.25, 0.3) is 5.91 Å². The van der Waals surface area contributed by atoms with Crippen LogP contribution in [0.25, 0.3) is 0 Å². The molecule has 1 aliphatic rings. The molecular formula is C26H34N2O6. The molecule has 1 amide bonds. The monoisotopic (exact) mass is 470 g/mol. The molecule has 1 aliphatic heterocycles. The van der Waals surface area contributed by atoms with Gasteiger partial charge in [0, 0.05) is 13.1 Å². The third-order valence-electron chi connectivity index (χ3n) is 5.89. The minimum atomic E-state index is -0.778. The van der Waals surface area contributed by atoms with Crippen LogP contribution in [0.1, 0.15) is 56.3 Å². The Morgan fingerprint density at radius 2 is 1.88 bits per heavy atom. The molecule has 8 heteroatoms. The summed E-state index contributed by atoms with van der Waals surface area (Å²) in [7, 11) is 0. The molecule has 0 fully saturated rings. The van der Waals surface area contributed by atoms with Gasteiger partial charge in [-0.15, -0.1) is 0 Å². The van der Waals surface area contributed by atoms with Crippen molar-refractivity contribution in [2.24, 2.45) is 0 Å². The van der Waals surface area contributed by atoms with Crippen LogP contribution in [0.5, 0.6) is 11.5 Å². The van der Waals surface area contributed by atoms with Crippen molar-refractivity contribution >= 4 is 11.7 Å². The Hall–Kier alpha value is -3.26. The summed E-state index contributed by atoms with van der Waals surface area (Å²) in [5.74, 6) is -0.445. The maximum Gasteiger partial charge on any atom is 0.290 e. The van der Waals surface area contributed by atoms with E-state index in [1.54, 1.807) is 23.1 Å². The van der Waals surface area contributed by atoms with Crippen molar-refractivity contribution in [2.75, 3.05) is 39.4 Å². The van der Waals surface area contributed by atoms with Crippen LogP contribution in [0.3, 0.4) is 0 Å². The first-order chi connectivity index (χ1) is 16.5. The molecule has 0 saturated carbocycles. The van der Waals surface area contributed by atoms with E-state index >= 15 is 0 Å². The number of nitrogens with zero attached hydrogens (tertiary/aromatic N) is 2. The van der Waals surface area contributed by atoms with Crippen molar-refractivity contribution < 1.29 is 28.6 Å². The van der Waals surface area contributed by atoms with E-state index in [9.17, 15) is 14.7 Å². The van der Waals surface area contributed by atoms with Crippen molar-refractivity contribution in [3.05, 3.63) is 59.3 Å². The number of aliphatic hydroxyl groups is 1. The second kappa shape index (κ2) is 11.7. The summed E-state index contributed by atoms with van der Waals surface area (Å²) in [6.45, 7) is 11.6. The van der Waals surface area contributed by atoms with E-state index in [1.807, 2.05) is 19.9 Å². The second-order valence-electron chi connectivity index (χ2n) is 7.98. The van der Waals surface area contributed by atoms with Gasteiger partial charge >= 0.3 is 0 Å². The first-order valence-electron chi connectivity index (χ1n) is 11.9. The Kier molecular flexibility index (Phi) is 8.76. The second-order valence-corrected chi connectivity index (χ2v) is 7.98. The highest BCUT2D eigenvalue weighted by molar-refractivity contribution is 6.15. The standard InChI is InChI=1S/C26H34N2O6/c1-5-15-33-19-12-11-18(17-21(19)32-8-4)23-22(24(29)20-10-9-16-34-20)25(30)26(31)28(23)14-13-27(6-2)7-3/h9-12,16-17,23,30H,5-8,13-15H2,1-4H3. The van der Waals surface area contributed by atoms with E-state index in [2.05, 4.69) is 18.7 Å². The number of hydrogen-bond donors (Lipinski definition) is 1.